The molecule has 568 valence electrons. The molecule has 0 aromatic heterocycles. The Balaban J connectivity index is 0.502. The van der Waals surface area contributed by atoms with Gasteiger partial charge in [0.15, 0.2) is 0 Å². The molecule has 0 aromatic carbocycles. The number of ether oxygens (including phenoxy) is 7. The molecule has 20 nitrogen and oxygen atoms in total. The lowest BCUT2D eigenvalue weighted by atomic mass is 9.41. The van der Waals surface area contributed by atoms with Gasteiger partial charge in [0.2, 0.25) is 0 Å². The number of morpholine rings is 1. The van der Waals surface area contributed by atoms with Crippen molar-refractivity contribution in [1.82, 2.24) is 30.2 Å². The van der Waals surface area contributed by atoms with Crippen molar-refractivity contribution in [1.29, 1.82) is 0 Å². The van der Waals surface area contributed by atoms with Gasteiger partial charge in [-0.25, -0.2) is 23.6 Å². The lowest BCUT2D eigenvalue weighted by Crippen LogP contribution is -2.70. The number of hydrogen-bond acceptors (Lipinski definition) is 16. The van der Waals surface area contributed by atoms with Gasteiger partial charge < -0.3 is 69.5 Å². The van der Waals surface area contributed by atoms with Crippen LogP contribution in [0.4, 0.5) is 23.6 Å². The number of aliphatic hydroxyl groups is 2. The Bertz CT molecular complexity index is 3190. The standard InChI is InChI=1S/C80H128FN7O13/c1-44(2)61(100-69(93)87-30-14-31-87)50-38-47(6)60-64(97-50)66(90)80(82)56-18-16-54-72(9,10)58(20-23-77(54)43-79(56,77)27-25-74(60,80)12)98-67(91)83-28-33-85-35-36-95-52(41-85)49-21-32-88(49)70(94)101-62(45(3)4)51-37-46(5)59-63(96-51)65(89)75(13)55-17-15-53-71(7,8)57(99-68(92)84-29-34-86-39-48(81)40-86)19-22-76(53)42-78(55,76)26-24-73(59,75)11/h44-66,89-90H,14-43,82H2,1-13H3,(H,83,91)(H,84,92). The summed E-state index contributed by atoms with van der Waals surface area (Å²) in [6, 6.07) is -0.133. The van der Waals surface area contributed by atoms with Gasteiger partial charge in [-0.15, -0.1) is 0 Å². The molecule has 0 aromatic rings. The minimum absolute atomic E-state index is 0.0170. The third-order valence-electron chi connectivity index (χ3n) is 34.4. The van der Waals surface area contributed by atoms with Gasteiger partial charge in [-0.05, 0) is 207 Å². The molecule has 6 heterocycles. The highest BCUT2D eigenvalue weighted by Gasteiger charge is 2.87. The first-order valence-corrected chi connectivity index (χ1v) is 40.7. The van der Waals surface area contributed by atoms with Crippen LogP contribution in [0.3, 0.4) is 0 Å². The summed E-state index contributed by atoms with van der Waals surface area (Å²) < 4.78 is 59.8. The van der Waals surface area contributed by atoms with E-state index in [-0.39, 0.29) is 157 Å². The average Bonchev–Trinajstić information content (AvgIpc) is 1.47. The van der Waals surface area contributed by atoms with E-state index >= 15 is 0 Å². The van der Waals surface area contributed by atoms with Gasteiger partial charge in [0.05, 0.1) is 60.9 Å². The second kappa shape index (κ2) is 24.9. The molecule has 6 saturated heterocycles. The molecule has 6 N–H and O–H groups in total. The molecule has 4 amide bonds. The quantitative estimate of drug-likeness (QED) is 0.0959. The number of nitrogens with one attached hydrogen (secondary N) is 2. The van der Waals surface area contributed by atoms with E-state index < -0.39 is 42.2 Å². The number of halogens is 1. The van der Waals surface area contributed by atoms with Crippen molar-refractivity contribution in [2.75, 3.05) is 78.6 Å². The average molecular weight is 1410 g/mol. The summed E-state index contributed by atoms with van der Waals surface area (Å²) in [5.74, 6) is 2.09. The predicted molar refractivity (Wildman–Crippen MR) is 377 cm³/mol. The summed E-state index contributed by atoms with van der Waals surface area (Å²) in [6.45, 7) is 36.6. The number of amides is 4. The van der Waals surface area contributed by atoms with Gasteiger partial charge in [0, 0.05) is 88.2 Å². The molecule has 16 fully saturated rings. The number of carbonyl (C=O) groups is 4. The first-order valence-electron chi connectivity index (χ1n) is 40.7. The molecule has 10 aliphatic carbocycles. The van der Waals surface area contributed by atoms with E-state index in [1.165, 1.54) is 6.42 Å². The lowest BCUT2D eigenvalue weighted by molar-refractivity contribution is -0.186. The van der Waals surface area contributed by atoms with E-state index in [4.69, 9.17) is 38.9 Å². The fourth-order valence-electron chi connectivity index (χ4n) is 29.1. The number of rotatable bonds is 15. The highest BCUT2D eigenvalue weighted by Crippen LogP contribution is 2.90. The second-order valence-corrected chi connectivity index (χ2v) is 39.5. The fraction of sp³-hybridized carbons (Fsp3) is 0.950. The summed E-state index contributed by atoms with van der Waals surface area (Å²) in [5.41, 5.74) is 6.32. The van der Waals surface area contributed by atoms with Crippen LogP contribution in [0.5, 0.6) is 0 Å². The zero-order valence-electron chi connectivity index (χ0n) is 63.6. The number of nitrogens with zero attached hydrogens (tertiary/aromatic N) is 4. The van der Waals surface area contributed by atoms with Gasteiger partial charge >= 0.3 is 24.4 Å². The monoisotopic (exact) mass is 1410 g/mol. The highest BCUT2D eigenvalue weighted by atomic mass is 19.1. The maximum Gasteiger partial charge on any atom is 0.410 e. The van der Waals surface area contributed by atoms with E-state index in [9.17, 15) is 33.8 Å². The third kappa shape index (κ3) is 10.3. The van der Waals surface area contributed by atoms with Crippen LogP contribution in [0.1, 0.15) is 206 Å². The molecule has 10 saturated carbocycles. The maximum atomic E-state index is 14.5. The number of carbonyl (C=O) groups excluding carboxylic acids is 4. The van der Waals surface area contributed by atoms with Crippen LogP contribution in [0, 0.1) is 108 Å². The molecule has 101 heavy (non-hydrogen) atoms. The molecule has 16 aliphatic rings. The smallest absolute Gasteiger partial charge is 0.410 e. The van der Waals surface area contributed by atoms with Gasteiger partial charge in [-0.3, -0.25) is 9.80 Å². The van der Waals surface area contributed by atoms with Crippen molar-refractivity contribution in [3.05, 3.63) is 0 Å². The van der Waals surface area contributed by atoms with Crippen LogP contribution in [0.15, 0.2) is 0 Å². The molecule has 0 radical (unpaired) electrons. The van der Waals surface area contributed by atoms with Crippen LogP contribution >= 0.6 is 0 Å². The van der Waals surface area contributed by atoms with Crippen LogP contribution in [0.25, 0.3) is 0 Å². The number of aliphatic hydroxyl groups excluding tert-OH is 2. The van der Waals surface area contributed by atoms with Crippen molar-refractivity contribution in [3.8, 4) is 0 Å². The maximum absolute atomic E-state index is 14.5. The highest BCUT2D eigenvalue weighted by molar-refractivity contribution is 5.70. The summed E-state index contributed by atoms with van der Waals surface area (Å²) in [7, 11) is 0. The van der Waals surface area contributed by atoms with E-state index in [0.717, 1.165) is 129 Å². The Morgan fingerprint density at radius 3 is 1.60 bits per heavy atom. The summed E-state index contributed by atoms with van der Waals surface area (Å²) in [5, 5.41) is 32.0. The topological polar surface area (TPSA) is 236 Å². The molecule has 28 unspecified atom stereocenters. The van der Waals surface area contributed by atoms with Crippen molar-refractivity contribution in [2.45, 2.75) is 290 Å². The molecule has 16 rings (SSSR count). The van der Waals surface area contributed by atoms with E-state index in [0.29, 0.717) is 76.7 Å². The molecule has 4 spiro atoms. The van der Waals surface area contributed by atoms with E-state index in [1.807, 2.05) is 9.80 Å². The Morgan fingerprint density at radius 1 is 0.584 bits per heavy atom. The van der Waals surface area contributed by atoms with Crippen molar-refractivity contribution in [3.63, 3.8) is 0 Å². The summed E-state index contributed by atoms with van der Waals surface area (Å²) >= 11 is 0. The number of hydrogen-bond donors (Lipinski definition) is 5. The Kier molecular flexibility index (Phi) is 17.7. The van der Waals surface area contributed by atoms with Gasteiger partial charge in [0.25, 0.3) is 0 Å². The summed E-state index contributed by atoms with van der Waals surface area (Å²) in [6.07, 6.45) is 10.9. The van der Waals surface area contributed by atoms with Crippen LogP contribution in [-0.2, 0) is 33.2 Å². The number of likely N-dealkylation sites (tertiary alicyclic amines) is 3. The van der Waals surface area contributed by atoms with Crippen LogP contribution in [0.2, 0.25) is 0 Å². The van der Waals surface area contributed by atoms with Crippen LogP contribution in [-0.4, -0.2) is 218 Å². The van der Waals surface area contributed by atoms with Crippen molar-refractivity contribution >= 4 is 24.4 Å². The molecule has 28 atom stereocenters. The van der Waals surface area contributed by atoms with E-state index in [2.05, 4.69) is 106 Å². The first-order chi connectivity index (χ1) is 47.8. The minimum Gasteiger partial charge on any atom is -0.446 e. The van der Waals surface area contributed by atoms with Gasteiger partial charge in [0.1, 0.15) is 30.6 Å². The largest absolute Gasteiger partial charge is 0.446 e. The SMILES string of the molecule is CC(C)C(OC(=O)N1CCC1)C1CC(C)C2C(O1)C(O)C1(N)C3CCC4C(C)(C)C(OC(=O)NCCN5CCOC(C6CCN6C(=O)OC(C(C)C)C6CC(C)C7C(O6)C(O)C6(C)C8CCC9C(C)(C)C(OC(=O)NCCN%10CC(F)C%10)CCC9%10CC8%10CCC76C)C5)CCC45CC35CCC21C. The predicted octanol–water partition coefficient (Wildman–Crippen LogP) is 11.0. The van der Waals surface area contributed by atoms with Crippen molar-refractivity contribution < 1.29 is 66.9 Å². The van der Waals surface area contributed by atoms with E-state index in [1.54, 1.807) is 4.90 Å². The third-order valence-corrected chi connectivity index (χ3v) is 34.4. The number of alkyl carbamates (subject to hydrolysis) is 2. The minimum atomic E-state index is -0.831. The normalized spacial score (nSPS) is 49.4. The Labute approximate surface area is 601 Å². The second-order valence-electron chi connectivity index (χ2n) is 39.5. The number of fused-ring (bicyclic) bond motifs is 8. The number of alkyl halides is 1. The Morgan fingerprint density at radius 2 is 1.08 bits per heavy atom. The summed E-state index contributed by atoms with van der Waals surface area (Å²) in [4.78, 5) is 62.8. The van der Waals surface area contributed by atoms with Gasteiger partial charge in [-0.2, -0.15) is 0 Å². The molecule has 21 heteroatoms. The zero-order valence-corrected chi connectivity index (χ0v) is 63.6. The Hall–Kier alpha value is -3.31. The molecule has 0 bridgehead atoms. The zero-order chi connectivity index (χ0) is 71.5. The molecular weight excluding hydrogens is 1290 g/mol. The van der Waals surface area contributed by atoms with Crippen LogP contribution < -0.4 is 16.4 Å². The molecular formula is C80H128FN7O13. The lowest BCUT2D eigenvalue weighted by Gasteiger charge is -2.63. The fourth-order valence-corrected chi connectivity index (χ4v) is 29.1. The van der Waals surface area contributed by atoms with Gasteiger partial charge in [-0.1, -0.05) is 90.0 Å². The number of nitrogens with two attached hydrogens (primary N) is 1. The van der Waals surface area contributed by atoms with Crippen molar-refractivity contribution in [2.24, 2.45) is 114 Å². The first kappa shape index (κ1) is 71.9. The molecule has 6 aliphatic heterocycles.